The zero-order valence-electron chi connectivity index (χ0n) is 9.72. The maximum absolute atomic E-state index is 12.9. The van der Waals surface area contributed by atoms with Crippen molar-refractivity contribution in [3.8, 4) is 11.3 Å². The van der Waals surface area contributed by atoms with Gasteiger partial charge in [0.05, 0.1) is 12.3 Å². The summed E-state index contributed by atoms with van der Waals surface area (Å²) in [7, 11) is 0. The lowest BCUT2D eigenvalue weighted by Gasteiger charge is -2.00. The lowest BCUT2D eigenvalue weighted by atomic mass is 10.1. The van der Waals surface area contributed by atoms with Gasteiger partial charge in [0.1, 0.15) is 11.3 Å². The Morgan fingerprint density at radius 3 is 2.68 bits per heavy atom. The lowest BCUT2D eigenvalue weighted by molar-refractivity contribution is 0.284. The van der Waals surface area contributed by atoms with Crippen LogP contribution in [0.3, 0.4) is 0 Å². The highest BCUT2D eigenvalue weighted by Crippen LogP contribution is 2.29. The summed E-state index contributed by atoms with van der Waals surface area (Å²) in [5.41, 5.74) is 2.42. The Labute approximate surface area is 113 Å². The Balaban J connectivity index is 2.29. The topological polar surface area (TPSA) is 50.4 Å². The molecule has 0 radical (unpaired) electrons. The Hall–Kier alpha value is -1.98. The summed E-state index contributed by atoms with van der Waals surface area (Å²) in [4.78, 5) is 3.97. The fourth-order valence-corrected chi connectivity index (χ4v) is 2.26. The Morgan fingerprint density at radius 2 is 2.00 bits per heavy atom. The number of nitrogens with zero attached hydrogens (tertiary/aromatic N) is 3. The van der Waals surface area contributed by atoms with Crippen molar-refractivity contribution in [1.82, 2.24) is 14.6 Å². The van der Waals surface area contributed by atoms with Crippen molar-refractivity contribution in [1.29, 1.82) is 0 Å². The van der Waals surface area contributed by atoms with E-state index in [0.717, 1.165) is 0 Å². The SMILES string of the molecule is OCc1c(-c2ccc(F)cc2)nn2ccnc(Cl)c12. The van der Waals surface area contributed by atoms with E-state index in [1.54, 1.807) is 22.8 Å². The first-order valence-electron chi connectivity index (χ1n) is 5.59. The standard InChI is InChI=1S/C13H9ClFN3O/c14-13-12-10(7-19)11(17-18(12)6-5-16-13)8-1-3-9(15)4-2-8/h1-6,19H,7H2. The highest BCUT2D eigenvalue weighted by molar-refractivity contribution is 6.32. The molecule has 0 atom stereocenters. The van der Waals surface area contributed by atoms with Crippen LogP contribution in [-0.4, -0.2) is 19.7 Å². The number of hydrogen-bond acceptors (Lipinski definition) is 3. The van der Waals surface area contributed by atoms with Crippen LogP contribution < -0.4 is 0 Å². The summed E-state index contributed by atoms with van der Waals surface area (Å²) < 4.78 is 14.5. The molecule has 0 aliphatic rings. The van der Waals surface area contributed by atoms with E-state index in [4.69, 9.17) is 11.6 Å². The van der Waals surface area contributed by atoms with Gasteiger partial charge >= 0.3 is 0 Å². The second-order valence-electron chi connectivity index (χ2n) is 4.00. The molecule has 0 bridgehead atoms. The molecule has 0 amide bonds. The molecule has 1 N–H and O–H groups in total. The summed E-state index contributed by atoms with van der Waals surface area (Å²) in [6.45, 7) is -0.221. The molecular weight excluding hydrogens is 269 g/mol. The van der Waals surface area contributed by atoms with E-state index >= 15 is 0 Å². The van der Waals surface area contributed by atoms with Crippen molar-refractivity contribution in [2.45, 2.75) is 6.61 Å². The van der Waals surface area contributed by atoms with Crippen LogP contribution in [0, 0.1) is 5.82 Å². The number of halogens is 2. The van der Waals surface area contributed by atoms with Crippen molar-refractivity contribution in [2.24, 2.45) is 0 Å². The molecule has 0 aliphatic carbocycles. The average Bonchev–Trinajstić information content (AvgIpc) is 2.79. The van der Waals surface area contributed by atoms with E-state index < -0.39 is 0 Å². The van der Waals surface area contributed by atoms with E-state index in [0.29, 0.717) is 22.3 Å². The minimum Gasteiger partial charge on any atom is -0.392 e. The molecule has 0 spiro atoms. The molecular formula is C13H9ClFN3O. The van der Waals surface area contributed by atoms with Gasteiger partial charge in [-0.15, -0.1) is 0 Å². The van der Waals surface area contributed by atoms with Gasteiger partial charge in [0, 0.05) is 23.5 Å². The summed E-state index contributed by atoms with van der Waals surface area (Å²) in [6.07, 6.45) is 3.17. The first-order valence-corrected chi connectivity index (χ1v) is 5.97. The minimum atomic E-state index is -0.322. The zero-order chi connectivity index (χ0) is 13.4. The number of hydrogen-bond donors (Lipinski definition) is 1. The van der Waals surface area contributed by atoms with Gasteiger partial charge in [0.2, 0.25) is 0 Å². The van der Waals surface area contributed by atoms with Crippen LogP contribution >= 0.6 is 11.6 Å². The summed E-state index contributed by atoms with van der Waals surface area (Å²) in [6, 6.07) is 5.91. The smallest absolute Gasteiger partial charge is 0.155 e. The van der Waals surface area contributed by atoms with Gasteiger partial charge in [-0.25, -0.2) is 13.9 Å². The molecule has 3 rings (SSSR count). The first kappa shape index (κ1) is 12.1. The van der Waals surface area contributed by atoms with E-state index in [-0.39, 0.29) is 17.6 Å². The molecule has 4 nitrogen and oxygen atoms in total. The molecule has 2 aromatic heterocycles. The predicted octanol–water partition coefficient (Wildman–Crippen LogP) is 2.68. The Morgan fingerprint density at radius 1 is 1.26 bits per heavy atom. The van der Waals surface area contributed by atoms with Crippen LogP contribution in [0.2, 0.25) is 5.15 Å². The molecule has 6 heteroatoms. The molecule has 96 valence electrons. The van der Waals surface area contributed by atoms with Crippen LogP contribution in [-0.2, 0) is 6.61 Å². The number of aliphatic hydroxyl groups excluding tert-OH is 1. The van der Waals surface area contributed by atoms with Gasteiger partial charge in [0.15, 0.2) is 5.15 Å². The molecule has 0 saturated carbocycles. The fraction of sp³-hybridized carbons (Fsp3) is 0.0769. The van der Waals surface area contributed by atoms with E-state index in [1.165, 1.54) is 18.3 Å². The van der Waals surface area contributed by atoms with Gasteiger partial charge < -0.3 is 5.11 Å². The third-order valence-corrected chi connectivity index (χ3v) is 3.15. The van der Waals surface area contributed by atoms with E-state index in [1.807, 2.05) is 0 Å². The molecule has 0 unspecified atom stereocenters. The van der Waals surface area contributed by atoms with Crippen molar-refractivity contribution < 1.29 is 9.50 Å². The fourth-order valence-electron chi connectivity index (χ4n) is 2.01. The van der Waals surface area contributed by atoms with Crippen molar-refractivity contribution in [3.05, 3.63) is 53.2 Å². The van der Waals surface area contributed by atoms with Crippen LogP contribution in [0.1, 0.15) is 5.56 Å². The van der Waals surface area contributed by atoms with Crippen LogP contribution in [0.4, 0.5) is 4.39 Å². The molecule has 0 fully saturated rings. The predicted molar refractivity (Wildman–Crippen MR) is 69.3 cm³/mol. The number of fused-ring (bicyclic) bond motifs is 1. The van der Waals surface area contributed by atoms with Gasteiger partial charge in [-0.3, -0.25) is 0 Å². The van der Waals surface area contributed by atoms with Crippen LogP contribution in [0.15, 0.2) is 36.7 Å². The second kappa shape index (κ2) is 4.60. The van der Waals surface area contributed by atoms with Gasteiger partial charge in [-0.2, -0.15) is 5.10 Å². The largest absolute Gasteiger partial charge is 0.392 e. The Bertz CT molecular complexity index is 739. The third kappa shape index (κ3) is 1.97. The summed E-state index contributed by atoms with van der Waals surface area (Å²) >= 11 is 6.02. The maximum Gasteiger partial charge on any atom is 0.155 e. The monoisotopic (exact) mass is 277 g/mol. The highest BCUT2D eigenvalue weighted by Gasteiger charge is 2.16. The number of benzene rings is 1. The third-order valence-electron chi connectivity index (χ3n) is 2.88. The van der Waals surface area contributed by atoms with Crippen molar-refractivity contribution in [3.63, 3.8) is 0 Å². The summed E-state index contributed by atoms with van der Waals surface area (Å²) in [5, 5.41) is 14.2. The molecule has 2 heterocycles. The van der Waals surface area contributed by atoms with E-state index in [9.17, 15) is 9.50 Å². The molecule has 1 aromatic carbocycles. The molecule has 3 aromatic rings. The van der Waals surface area contributed by atoms with Crippen molar-refractivity contribution >= 4 is 17.1 Å². The second-order valence-corrected chi connectivity index (χ2v) is 4.36. The molecule has 19 heavy (non-hydrogen) atoms. The molecule has 0 saturated heterocycles. The first-order chi connectivity index (χ1) is 9.20. The van der Waals surface area contributed by atoms with Gasteiger partial charge in [-0.1, -0.05) is 11.6 Å². The number of rotatable bonds is 2. The Kier molecular flexibility index (Phi) is 2.93. The number of aromatic nitrogens is 3. The summed E-state index contributed by atoms with van der Waals surface area (Å²) in [5.74, 6) is -0.322. The highest BCUT2D eigenvalue weighted by atomic mass is 35.5. The van der Waals surface area contributed by atoms with Crippen LogP contribution in [0.5, 0.6) is 0 Å². The van der Waals surface area contributed by atoms with E-state index in [2.05, 4.69) is 10.1 Å². The molecule has 0 aliphatic heterocycles. The average molecular weight is 278 g/mol. The quantitative estimate of drug-likeness (QED) is 0.783. The maximum atomic E-state index is 12.9. The lowest BCUT2D eigenvalue weighted by Crippen LogP contribution is -1.90. The van der Waals surface area contributed by atoms with Crippen LogP contribution in [0.25, 0.3) is 16.8 Å². The number of aliphatic hydroxyl groups is 1. The minimum absolute atomic E-state index is 0.221. The van der Waals surface area contributed by atoms with Gasteiger partial charge in [0.25, 0.3) is 0 Å². The van der Waals surface area contributed by atoms with Gasteiger partial charge in [-0.05, 0) is 24.3 Å². The van der Waals surface area contributed by atoms with Crippen molar-refractivity contribution in [2.75, 3.05) is 0 Å². The zero-order valence-corrected chi connectivity index (χ0v) is 10.5. The normalized spacial score (nSPS) is 11.1.